The molecule has 22 heavy (non-hydrogen) atoms. The van der Waals surface area contributed by atoms with Crippen LogP contribution in [0.3, 0.4) is 0 Å². The monoisotopic (exact) mass is 297 g/mol. The molecule has 0 unspecified atom stereocenters. The second-order valence-corrected chi connectivity index (χ2v) is 5.67. The molecule has 6 heteroatoms. The molecule has 114 valence electrons. The van der Waals surface area contributed by atoms with Gasteiger partial charge in [-0.1, -0.05) is 23.4 Å². The first-order chi connectivity index (χ1) is 10.9. The molecule has 3 aromatic rings. The minimum absolute atomic E-state index is 0.665. The molecule has 2 N–H and O–H groups in total. The molecule has 4 rings (SSSR count). The topological polar surface area (TPSA) is 70.0 Å². The zero-order valence-electron chi connectivity index (χ0n) is 12.4. The van der Waals surface area contributed by atoms with E-state index in [-0.39, 0.29) is 0 Å². The van der Waals surface area contributed by atoms with Gasteiger partial charge in [0.2, 0.25) is 5.89 Å². The van der Waals surface area contributed by atoms with Gasteiger partial charge in [0.25, 0.3) is 0 Å². The highest BCUT2D eigenvalue weighted by Crippen LogP contribution is 2.20. The van der Waals surface area contributed by atoms with Crippen LogP contribution in [0.1, 0.15) is 17.3 Å². The van der Waals surface area contributed by atoms with Crippen LogP contribution in [0, 0.1) is 0 Å². The third-order valence-corrected chi connectivity index (χ3v) is 4.10. The van der Waals surface area contributed by atoms with Crippen LogP contribution in [0.15, 0.2) is 35.0 Å². The van der Waals surface area contributed by atoms with Gasteiger partial charge in [-0.05, 0) is 11.6 Å². The summed E-state index contributed by atoms with van der Waals surface area (Å²) in [5, 5.41) is 8.67. The van der Waals surface area contributed by atoms with Crippen LogP contribution in [0.5, 0.6) is 0 Å². The van der Waals surface area contributed by atoms with E-state index >= 15 is 0 Å². The zero-order valence-corrected chi connectivity index (χ0v) is 12.4. The van der Waals surface area contributed by atoms with Crippen LogP contribution < -0.4 is 5.32 Å². The lowest BCUT2D eigenvalue weighted by Gasteiger charge is -2.25. The highest BCUT2D eigenvalue weighted by Gasteiger charge is 2.15. The lowest BCUT2D eigenvalue weighted by atomic mass is 10.1. The predicted octanol–water partition coefficient (Wildman–Crippen LogP) is 1.55. The van der Waals surface area contributed by atoms with Crippen molar-refractivity contribution in [2.45, 2.75) is 13.0 Å². The van der Waals surface area contributed by atoms with Gasteiger partial charge in [-0.25, -0.2) is 0 Å². The van der Waals surface area contributed by atoms with Crippen LogP contribution in [0.4, 0.5) is 0 Å². The lowest BCUT2D eigenvalue weighted by Crippen LogP contribution is -2.43. The van der Waals surface area contributed by atoms with Crippen molar-refractivity contribution >= 4 is 10.9 Å². The highest BCUT2D eigenvalue weighted by atomic mass is 16.5. The van der Waals surface area contributed by atoms with Crippen LogP contribution in [-0.2, 0) is 13.0 Å². The van der Waals surface area contributed by atoms with Crippen molar-refractivity contribution in [1.29, 1.82) is 0 Å². The highest BCUT2D eigenvalue weighted by molar-refractivity contribution is 5.83. The van der Waals surface area contributed by atoms with Crippen molar-refractivity contribution in [2.75, 3.05) is 26.2 Å². The molecular formula is C16H19N5O. The van der Waals surface area contributed by atoms with Crippen molar-refractivity contribution in [3.63, 3.8) is 0 Å². The summed E-state index contributed by atoms with van der Waals surface area (Å²) in [6.07, 6.45) is 2.68. The number of hydrogen-bond donors (Lipinski definition) is 2. The maximum atomic E-state index is 5.41. The molecule has 0 spiro atoms. The molecule has 0 saturated carbocycles. The number of aromatic nitrogens is 3. The Morgan fingerprint density at radius 1 is 1.18 bits per heavy atom. The molecule has 1 aromatic carbocycles. The molecule has 0 atom stereocenters. The SMILES string of the molecule is c1ccc2c(Cc3nc(CN4CCNCC4)no3)c[nH]c2c1. The van der Waals surface area contributed by atoms with Crippen molar-refractivity contribution in [3.05, 3.63) is 47.7 Å². The molecular weight excluding hydrogens is 278 g/mol. The van der Waals surface area contributed by atoms with Crippen LogP contribution in [0.25, 0.3) is 10.9 Å². The molecule has 0 radical (unpaired) electrons. The Morgan fingerprint density at radius 2 is 2.05 bits per heavy atom. The van der Waals surface area contributed by atoms with Crippen LogP contribution in [0.2, 0.25) is 0 Å². The van der Waals surface area contributed by atoms with E-state index in [1.807, 2.05) is 18.3 Å². The van der Waals surface area contributed by atoms with E-state index in [0.717, 1.165) is 44.1 Å². The zero-order chi connectivity index (χ0) is 14.8. The van der Waals surface area contributed by atoms with E-state index in [1.165, 1.54) is 10.9 Å². The van der Waals surface area contributed by atoms with E-state index < -0.39 is 0 Å². The number of H-pyrrole nitrogens is 1. The van der Waals surface area contributed by atoms with E-state index in [1.54, 1.807) is 0 Å². The van der Waals surface area contributed by atoms with E-state index in [0.29, 0.717) is 12.3 Å². The largest absolute Gasteiger partial charge is 0.361 e. The minimum atomic E-state index is 0.665. The Hall–Kier alpha value is -2.18. The Labute approximate surface area is 128 Å². The fraction of sp³-hybridized carbons (Fsp3) is 0.375. The summed E-state index contributed by atoms with van der Waals surface area (Å²) in [6, 6.07) is 8.26. The second-order valence-electron chi connectivity index (χ2n) is 5.67. The van der Waals surface area contributed by atoms with Gasteiger partial charge in [-0.15, -0.1) is 0 Å². The number of nitrogens with zero attached hydrogens (tertiary/aromatic N) is 3. The van der Waals surface area contributed by atoms with E-state index in [9.17, 15) is 0 Å². The summed E-state index contributed by atoms with van der Waals surface area (Å²) in [6.45, 7) is 4.89. The molecule has 0 amide bonds. The van der Waals surface area contributed by atoms with Gasteiger partial charge in [-0.3, -0.25) is 4.90 Å². The normalized spacial score (nSPS) is 16.4. The molecule has 0 bridgehead atoms. The molecule has 1 saturated heterocycles. The van der Waals surface area contributed by atoms with Crippen molar-refractivity contribution in [2.24, 2.45) is 0 Å². The minimum Gasteiger partial charge on any atom is -0.361 e. The standard InChI is InChI=1S/C16H19N5O/c1-2-4-14-13(3-1)12(10-18-14)9-16-19-15(20-22-16)11-21-7-5-17-6-8-21/h1-4,10,17-18H,5-9,11H2. The third-order valence-electron chi connectivity index (χ3n) is 4.10. The first-order valence-electron chi connectivity index (χ1n) is 7.68. The summed E-state index contributed by atoms with van der Waals surface area (Å²) in [5.41, 5.74) is 2.33. The van der Waals surface area contributed by atoms with Crippen LogP contribution >= 0.6 is 0 Å². The maximum Gasteiger partial charge on any atom is 0.231 e. The summed E-state index contributed by atoms with van der Waals surface area (Å²) in [7, 11) is 0. The first kappa shape index (κ1) is 13.5. The number of hydrogen-bond acceptors (Lipinski definition) is 5. The van der Waals surface area contributed by atoms with Gasteiger partial charge in [0.05, 0.1) is 13.0 Å². The number of nitrogens with one attached hydrogen (secondary N) is 2. The molecule has 2 aromatic heterocycles. The molecule has 1 aliphatic rings. The van der Waals surface area contributed by atoms with Crippen molar-refractivity contribution in [3.8, 4) is 0 Å². The predicted molar refractivity (Wildman–Crippen MR) is 83.5 cm³/mol. The van der Waals surface area contributed by atoms with E-state index in [2.05, 4.69) is 37.5 Å². The molecule has 1 fully saturated rings. The smallest absolute Gasteiger partial charge is 0.231 e. The molecule has 6 nitrogen and oxygen atoms in total. The quantitative estimate of drug-likeness (QED) is 0.764. The number of benzene rings is 1. The van der Waals surface area contributed by atoms with Gasteiger partial charge < -0.3 is 14.8 Å². The Morgan fingerprint density at radius 3 is 2.95 bits per heavy atom. The average molecular weight is 297 g/mol. The third kappa shape index (κ3) is 2.75. The molecule has 0 aliphatic carbocycles. The molecule has 1 aliphatic heterocycles. The summed E-state index contributed by atoms with van der Waals surface area (Å²) in [5.74, 6) is 1.45. The van der Waals surface area contributed by atoms with Crippen molar-refractivity contribution < 1.29 is 4.52 Å². The van der Waals surface area contributed by atoms with Gasteiger partial charge in [0.1, 0.15) is 0 Å². The Kier molecular flexibility index (Phi) is 3.62. The number of rotatable bonds is 4. The Bertz CT molecular complexity index is 757. The second kappa shape index (κ2) is 5.90. The number of fused-ring (bicyclic) bond motifs is 1. The van der Waals surface area contributed by atoms with E-state index in [4.69, 9.17) is 4.52 Å². The summed E-state index contributed by atoms with van der Waals surface area (Å²) < 4.78 is 5.41. The average Bonchev–Trinajstić information content (AvgIpc) is 3.17. The number of aromatic amines is 1. The molecule has 3 heterocycles. The fourth-order valence-corrected chi connectivity index (χ4v) is 2.94. The number of para-hydroxylation sites is 1. The lowest BCUT2D eigenvalue weighted by molar-refractivity contribution is 0.224. The first-order valence-corrected chi connectivity index (χ1v) is 7.68. The Balaban J connectivity index is 1.47. The number of piperazine rings is 1. The van der Waals surface area contributed by atoms with Gasteiger partial charge in [0.15, 0.2) is 5.82 Å². The fourth-order valence-electron chi connectivity index (χ4n) is 2.94. The van der Waals surface area contributed by atoms with Gasteiger partial charge in [-0.2, -0.15) is 4.98 Å². The summed E-state index contributed by atoms with van der Waals surface area (Å²) >= 11 is 0. The van der Waals surface area contributed by atoms with Crippen LogP contribution in [-0.4, -0.2) is 46.2 Å². The van der Waals surface area contributed by atoms with Crippen molar-refractivity contribution in [1.82, 2.24) is 25.3 Å². The van der Waals surface area contributed by atoms with Gasteiger partial charge in [0, 0.05) is 43.3 Å². The van der Waals surface area contributed by atoms with Gasteiger partial charge >= 0.3 is 0 Å². The maximum absolute atomic E-state index is 5.41. The summed E-state index contributed by atoms with van der Waals surface area (Å²) in [4.78, 5) is 10.2.